The molecule has 0 bridgehead atoms. The number of aryl methyl sites for hydroxylation is 3. The Morgan fingerprint density at radius 3 is 2.81 bits per heavy atom. The molecule has 1 amide bonds. The van der Waals surface area contributed by atoms with Gasteiger partial charge in [0, 0.05) is 29.5 Å². The third kappa shape index (κ3) is 7.19. The summed E-state index contributed by atoms with van der Waals surface area (Å²) in [6, 6.07) is 9.41. The highest BCUT2D eigenvalue weighted by atomic mass is 79.9. The first-order chi connectivity index (χ1) is 17.6. The number of pyridine rings is 1. The number of carbonyl (C=O) groups is 2. The number of carboxylic acid groups (broad SMARTS) is 1. The van der Waals surface area contributed by atoms with Crippen LogP contribution in [0.3, 0.4) is 0 Å². The highest BCUT2D eigenvalue weighted by molar-refractivity contribution is 9.10. The maximum Gasteiger partial charge on any atom is 0.305 e. The standard InChI is InChI=1S/C28H34BrN5O3/c1-28(2,3)21-12-19(13-22(29)14-21)24(15-25(35)36)33-27(37)20-16-31-34(17-20)11-5-7-23-9-8-18-6-4-10-30-26(18)32-23/h8-9,12-14,16-17,24H,4-7,10-11,15H2,1-3H3,(H,30,32)(H,33,37)(H,35,36)/t24-/m0/s1. The second-order valence-corrected chi connectivity index (χ2v) is 11.5. The summed E-state index contributed by atoms with van der Waals surface area (Å²) in [7, 11) is 0. The van der Waals surface area contributed by atoms with Gasteiger partial charge in [-0.05, 0) is 66.0 Å². The largest absolute Gasteiger partial charge is 0.481 e. The molecule has 1 aromatic carbocycles. The predicted molar refractivity (Wildman–Crippen MR) is 147 cm³/mol. The van der Waals surface area contributed by atoms with E-state index in [1.54, 1.807) is 10.9 Å². The van der Waals surface area contributed by atoms with Crippen molar-refractivity contribution in [1.29, 1.82) is 0 Å². The van der Waals surface area contributed by atoms with Gasteiger partial charge in [-0.15, -0.1) is 0 Å². The van der Waals surface area contributed by atoms with Gasteiger partial charge in [0.1, 0.15) is 5.82 Å². The summed E-state index contributed by atoms with van der Waals surface area (Å²) < 4.78 is 2.59. The number of amides is 1. The van der Waals surface area contributed by atoms with Gasteiger partial charge in [0.15, 0.2) is 0 Å². The fraction of sp³-hybridized carbons (Fsp3) is 0.429. The van der Waals surface area contributed by atoms with Crippen molar-refractivity contribution < 1.29 is 14.7 Å². The number of aromatic nitrogens is 3. The number of fused-ring (bicyclic) bond motifs is 1. The van der Waals surface area contributed by atoms with E-state index in [0.717, 1.165) is 59.3 Å². The number of anilines is 1. The summed E-state index contributed by atoms with van der Waals surface area (Å²) in [5.41, 5.74) is 4.39. The van der Waals surface area contributed by atoms with Crippen molar-refractivity contribution in [3.63, 3.8) is 0 Å². The Kier molecular flexibility index (Phi) is 8.32. The molecule has 0 saturated carbocycles. The molecule has 196 valence electrons. The molecule has 0 unspecified atom stereocenters. The van der Waals surface area contributed by atoms with Crippen LogP contribution >= 0.6 is 15.9 Å². The van der Waals surface area contributed by atoms with Crippen LogP contribution in [-0.4, -0.2) is 38.3 Å². The van der Waals surface area contributed by atoms with Crippen LogP contribution < -0.4 is 10.6 Å². The summed E-state index contributed by atoms with van der Waals surface area (Å²) >= 11 is 3.53. The highest BCUT2D eigenvalue weighted by Crippen LogP contribution is 2.30. The van der Waals surface area contributed by atoms with E-state index in [1.165, 1.54) is 11.8 Å². The number of rotatable bonds is 9. The molecular weight excluding hydrogens is 534 g/mol. The van der Waals surface area contributed by atoms with Gasteiger partial charge in [0.25, 0.3) is 5.91 Å². The van der Waals surface area contributed by atoms with Gasteiger partial charge >= 0.3 is 5.97 Å². The summed E-state index contributed by atoms with van der Waals surface area (Å²) in [5.74, 6) is -0.334. The van der Waals surface area contributed by atoms with Crippen molar-refractivity contribution in [2.75, 3.05) is 11.9 Å². The SMILES string of the molecule is CC(C)(C)c1cc(Br)cc([C@H](CC(=O)O)NC(=O)c2cnn(CCCc3ccc4c(n3)NCCC4)c2)c1. The van der Waals surface area contributed by atoms with Crippen LogP contribution in [0.1, 0.15) is 78.8 Å². The monoisotopic (exact) mass is 567 g/mol. The Balaban J connectivity index is 1.39. The van der Waals surface area contributed by atoms with Gasteiger partial charge in [0.05, 0.1) is 24.2 Å². The summed E-state index contributed by atoms with van der Waals surface area (Å²) in [6.45, 7) is 7.90. The van der Waals surface area contributed by atoms with Crippen molar-refractivity contribution >= 4 is 33.6 Å². The quantitative estimate of drug-likeness (QED) is 0.324. The number of aliphatic carboxylic acids is 1. The van der Waals surface area contributed by atoms with Crippen LogP contribution in [0.2, 0.25) is 0 Å². The van der Waals surface area contributed by atoms with Crippen molar-refractivity contribution in [3.8, 4) is 0 Å². The molecule has 8 nitrogen and oxygen atoms in total. The number of nitrogens with one attached hydrogen (secondary N) is 2. The second kappa shape index (κ2) is 11.5. The molecule has 37 heavy (non-hydrogen) atoms. The molecule has 1 atom stereocenters. The predicted octanol–water partition coefficient (Wildman–Crippen LogP) is 5.27. The fourth-order valence-electron chi connectivity index (χ4n) is 4.45. The Hall–Kier alpha value is -3.20. The molecule has 2 aromatic heterocycles. The zero-order valence-electron chi connectivity index (χ0n) is 21.6. The molecule has 4 rings (SSSR count). The first-order valence-electron chi connectivity index (χ1n) is 12.7. The molecule has 0 radical (unpaired) electrons. The molecule has 0 aliphatic carbocycles. The van der Waals surface area contributed by atoms with Crippen molar-refractivity contribution in [2.24, 2.45) is 0 Å². The van der Waals surface area contributed by atoms with Gasteiger partial charge in [0.2, 0.25) is 0 Å². The van der Waals surface area contributed by atoms with Crippen LogP contribution in [0.25, 0.3) is 0 Å². The third-order valence-electron chi connectivity index (χ3n) is 6.54. The minimum atomic E-state index is -0.982. The van der Waals surface area contributed by atoms with Crippen LogP contribution in [0, 0.1) is 0 Å². The van der Waals surface area contributed by atoms with Crippen LogP contribution in [0.5, 0.6) is 0 Å². The van der Waals surface area contributed by atoms with E-state index in [9.17, 15) is 14.7 Å². The Morgan fingerprint density at radius 1 is 1.24 bits per heavy atom. The van der Waals surface area contributed by atoms with E-state index < -0.39 is 12.0 Å². The van der Waals surface area contributed by atoms with Crippen LogP contribution in [-0.2, 0) is 29.6 Å². The maximum absolute atomic E-state index is 13.0. The Bertz CT molecular complexity index is 1280. The minimum absolute atomic E-state index is 0.122. The summed E-state index contributed by atoms with van der Waals surface area (Å²) in [5, 5.41) is 20.1. The first kappa shape index (κ1) is 26.9. The first-order valence-corrected chi connectivity index (χ1v) is 13.5. The topological polar surface area (TPSA) is 109 Å². The number of hydrogen-bond acceptors (Lipinski definition) is 5. The molecule has 3 heterocycles. The highest BCUT2D eigenvalue weighted by Gasteiger charge is 2.23. The average Bonchev–Trinajstić information content (AvgIpc) is 3.31. The van der Waals surface area contributed by atoms with Crippen LogP contribution in [0.15, 0.2) is 47.2 Å². The van der Waals surface area contributed by atoms with Gasteiger partial charge in [-0.25, -0.2) is 4.98 Å². The Labute approximate surface area is 226 Å². The molecule has 3 N–H and O–H groups in total. The molecule has 9 heteroatoms. The molecule has 3 aromatic rings. The summed E-state index contributed by atoms with van der Waals surface area (Å²) in [4.78, 5) is 29.4. The van der Waals surface area contributed by atoms with E-state index in [1.807, 2.05) is 18.2 Å². The number of halogens is 1. The van der Waals surface area contributed by atoms with Crippen molar-refractivity contribution in [2.45, 2.75) is 70.9 Å². The lowest BCUT2D eigenvalue weighted by Crippen LogP contribution is -2.30. The van der Waals surface area contributed by atoms with Gasteiger partial charge in [-0.2, -0.15) is 5.10 Å². The van der Waals surface area contributed by atoms with Crippen LogP contribution in [0.4, 0.5) is 5.82 Å². The molecule has 1 aliphatic rings. The van der Waals surface area contributed by atoms with E-state index >= 15 is 0 Å². The zero-order valence-corrected chi connectivity index (χ0v) is 23.1. The number of hydrogen-bond donors (Lipinski definition) is 3. The molecule has 0 spiro atoms. The normalized spacial score (nSPS) is 13.9. The number of carboxylic acids is 1. The van der Waals surface area contributed by atoms with E-state index in [4.69, 9.17) is 4.98 Å². The molecule has 1 aliphatic heterocycles. The van der Waals surface area contributed by atoms with Gasteiger partial charge in [-0.3, -0.25) is 14.3 Å². The average molecular weight is 569 g/mol. The lowest BCUT2D eigenvalue weighted by Gasteiger charge is -2.23. The van der Waals surface area contributed by atoms with Crippen molar-refractivity contribution in [3.05, 3.63) is 75.1 Å². The summed E-state index contributed by atoms with van der Waals surface area (Å²) in [6.07, 6.45) is 6.87. The molecule has 0 saturated heterocycles. The Morgan fingerprint density at radius 2 is 2.05 bits per heavy atom. The maximum atomic E-state index is 13.0. The lowest BCUT2D eigenvalue weighted by atomic mass is 9.85. The van der Waals surface area contributed by atoms with E-state index in [0.29, 0.717) is 12.1 Å². The number of benzene rings is 1. The lowest BCUT2D eigenvalue weighted by molar-refractivity contribution is -0.137. The third-order valence-corrected chi connectivity index (χ3v) is 7.00. The van der Waals surface area contributed by atoms with E-state index in [2.05, 4.69) is 64.6 Å². The number of nitrogens with zero attached hydrogens (tertiary/aromatic N) is 3. The molecule has 0 fully saturated rings. The van der Waals surface area contributed by atoms with Gasteiger partial charge in [-0.1, -0.05) is 48.8 Å². The minimum Gasteiger partial charge on any atom is -0.481 e. The number of carbonyl (C=O) groups excluding carboxylic acids is 1. The second-order valence-electron chi connectivity index (χ2n) is 10.6. The zero-order chi connectivity index (χ0) is 26.6. The smallest absolute Gasteiger partial charge is 0.305 e. The molecular formula is C28H34BrN5O3. The fourth-order valence-corrected chi connectivity index (χ4v) is 4.96. The van der Waals surface area contributed by atoms with E-state index in [-0.39, 0.29) is 17.7 Å². The van der Waals surface area contributed by atoms with Crippen molar-refractivity contribution in [1.82, 2.24) is 20.1 Å². The van der Waals surface area contributed by atoms with Gasteiger partial charge < -0.3 is 15.7 Å².